The van der Waals surface area contributed by atoms with Crippen LogP contribution in [0.25, 0.3) is 0 Å². The van der Waals surface area contributed by atoms with Crippen LogP contribution in [0, 0.1) is 0 Å². The maximum Gasteiger partial charge on any atom is 0.350 e. The van der Waals surface area contributed by atoms with Gasteiger partial charge in [0.1, 0.15) is 5.28 Å². The molecule has 21 heavy (non-hydrogen) atoms. The number of unbranched alkanes of at least 4 members (excludes halogenated alkanes) is 8. The first kappa shape index (κ1) is 20.6. The van der Waals surface area contributed by atoms with Crippen LogP contribution in [-0.4, -0.2) is 21.0 Å². The molecule has 0 rings (SSSR count). The minimum atomic E-state index is -4.32. The maximum atomic E-state index is 11.7. The minimum absolute atomic E-state index is 0.286. The van der Waals surface area contributed by atoms with E-state index in [2.05, 4.69) is 12.2 Å². The third-order valence-corrected chi connectivity index (χ3v) is 5.25. The molecule has 6 heteroatoms. The van der Waals surface area contributed by atoms with Crippen molar-refractivity contribution < 1.29 is 19.1 Å². The predicted molar refractivity (Wildman–Crippen MR) is 86.1 cm³/mol. The minimum Gasteiger partial charge on any atom is -0.340 e. The smallest absolute Gasteiger partial charge is 0.340 e. The van der Waals surface area contributed by atoms with Gasteiger partial charge in [0.15, 0.2) is 0 Å². The molecule has 1 amide bonds. The average Bonchev–Trinajstić information content (AvgIpc) is 2.35. The van der Waals surface area contributed by atoms with Crippen molar-refractivity contribution in [3.63, 3.8) is 0 Å². The van der Waals surface area contributed by atoms with Crippen LogP contribution in [0.3, 0.4) is 0 Å². The van der Waals surface area contributed by atoms with Crippen LogP contribution in [0.2, 0.25) is 0 Å². The van der Waals surface area contributed by atoms with E-state index >= 15 is 0 Å². The summed E-state index contributed by atoms with van der Waals surface area (Å²) in [5.41, 5.74) is 0. The molecule has 0 saturated heterocycles. The average molecular weight is 321 g/mol. The highest BCUT2D eigenvalue weighted by molar-refractivity contribution is 7.53. The van der Waals surface area contributed by atoms with Crippen LogP contribution >= 0.6 is 7.60 Å². The largest absolute Gasteiger partial charge is 0.350 e. The molecule has 0 aliphatic heterocycles. The molecule has 0 saturated carbocycles. The highest BCUT2D eigenvalue weighted by Gasteiger charge is 2.38. The van der Waals surface area contributed by atoms with Crippen LogP contribution in [0.15, 0.2) is 0 Å². The molecule has 0 unspecified atom stereocenters. The molecule has 0 atom stereocenters. The zero-order valence-electron chi connectivity index (χ0n) is 13.7. The molecule has 0 heterocycles. The van der Waals surface area contributed by atoms with Crippen LogP contribution in [0.4, 0.5) is 0 Å². The Hall–Kier alpha value is -0.380. The van der Waals surface area contributed by atoms with E-state index in [1.807, 2.05) is 0 Å². The van der Waals surface area contributed by atoms with E-state index < -0.39 is 12.9 Å². The summed E-state index contributed by atoms with van der Waals surface area (Å²) >= 11 is 0. The summed E-state index contributed by atoms with van der Waals surface area (Å²) < 4.78 is 11.2. The molecule has 126 valence electrons. The number of nitrogens with one attached hydrogen (secondary N) is 1. The van der Waals surface area contributed by atoms with E-state index in [9.17, 15) is 9.36 Å². The fraction of sp³-hybridized carbons (Fsp3) is 0.933. The standard InChI is InChI=1S/C15H32NO4P/c1-4-5-6-7-8-9-10-11-12-13-14(17)16-15(2,3)21(18,19)20/h4-13H2,1-3H3,(H,16,17)(H2,18,19,20). The van der Waals surface area contributed by atoms with Gasteiger partial charge in [0.25, 0.3) is 0 Å². The Bertz CT molecular complexity index is 339. The molecule has 0 aliphatic rings. The number of carbonyl (C=O) groups is 1. The van der Waals surface area contributed by atoms with Crippen molar-refractivity contribution in [2.75, 3.05) is 0 Å². The number of hydrogen-bond acceptors (Lipinski definition) is 2. The number of hydrogen-bond donors (Lipinski definition) is 3. The third kappa shape index (κ3) is 10.0. The molecule has 0 bridgehead atoms. The lowest BCUT2D eigenvalue weighted by Crippen LogP contribution is -2.42. The first-order valence-corrected chi connectivity index (χ1v) is 9.68. The Kier molecular flexibility index (Phi) is 10.2. The van der Waals surface area contributed by atoms with Crippen LogP contribution in [-0.2, 0) is 9.36 Å². The fourth-order valence-corrected chi connectivity index (χ4v) is 2.34. The van der Waals surface area contributed by atoms with E-state index in [1.165, 1.54) is 52.4 Å². The first-order chi connectivity index (χ1) is 9.70. The summed E-state index contributed by atoms with van der Waals surface area (Å²) in [6, 6.07) is 0. The van der Waals surface area contributed by atoms with Gasteiger partial charge in [-0.2, -0.15) is 0 Å². The summed E-state index contributed by atoms with van der Waals surface area (Å²) in [5, 5.41) is 0.937. The molecule has 0 fully saturated rings. The van der Waals surface area contributed by atoms with Crippen LogP contribution in [0.5, 0.6) is 0 Å². The molecule has 0 radical (unpaired) electrons. The fourth-order valence-electron chi connectivity index (χ4n) is 2.07. The highest BCUT2D eigenvalue weighted by atomic mass is 31.2. The normalized spacial score (nSPS) is 12.4. The Labute approximate surface area is 129 Å². The molecular formula is C15H32NO4P. The second-order valence-electron chi connectivity index (χ2n) is 6.23. The van der Waals surface area contributed by atoms with Gasteiger partial charge in [-0.15, -0.1) is 0 Å². The van der Waals surface area contributed by atoms with E-state index in [4.69, 9.17) is 9.79 Å². The summed E-state index contributed by atoms with van der Waals surface area (Å²) in [6.45, 7) is 4.91. The summed E-state index contributed by atoms with van der Waals surface area (Å²) in [5.74, 6) is -0.286. The lowest BCUT2D eigenvalue weighted by atomic mass is 10.1. The lowest BCUT2D eigenvalue weighted by Gasteiger charge is -2.27. The van der Waals surface area contributed by atoms with Crippen LogP contribution in [0.1, 0.15) is 85.0 Å². The summed E-state index contributed by atoms with van der Waals surface area (Å²) in [7, 11) is -4.32. The summed E-state index contributed by atoms with van der Waals surface area (Å²) in [4.78, 5) is 29.9. The van der Waals surface area contributed by atoms with Gasteiger partial charge in [0.2, 0.25) is 5.91 Å². The van der Waals surface area contributed by atoms with Crippen molar-refractivity contribution >= 4 is 13.5 Å². The lowest BCUT2D eigenvalue weighted by molar-refractivity contribution is -0.122. The first-order valence-electron chi connectivity index (χ1n) is 8.07. The van der Waals surface area contributed by atoms with Crippen molar-refractivity contribution in [2.45, 2.75) is 90.3 Å². The molecule has 0 aromatic carbocycles. The van der Waals surface area contributed by atoms with Gasteiger partial charge in [-0.3, -0.25) is 9.36 Å². The zero-order chi connectivity index (χ0) is 16.4. The number of amides is 1. The molecule has 0 spiro atoms. The SMILES string of the molecule is CCCCCCCCCCCC(=O)NC(C)(C)P(=O)(O)O. The van der Waals surface area contributed by atoms with Gasteiger partial charge in [-0.05, 0) is 20.3 Å². The van der Waals surface area contributed by atoms with Crippen LogP contribution < -0.4 is 5.32 Å². The topological polar surface area (TPSA) is 86.6 Å². The molecule has 0 aromatic heterocycles. The molecule has 0 aliphatic carbocycles. The van der Waals surface area contributed by atoms with Gasteiger partial charge in [0.05, 0.1) is 0 Å². The maximum absolute atomic E-state index is 11.7. The molecule has 0 aromatic rings. The second kappa shape index (κ2) is 10.4. The third-order valence-electron chi connectivity index (χ3n) is 3.68. The van der Waals surface area contributed by atoms with E-state index in [-0.39, 0.29) is 5.91 Å². The Balaban J connectivity index is 3.61. The van der Waals surface area contributed by atoms with Crippen molar-refractivity contribution in [1.29, 1.82) is 0 Å². The number of carbonyl (C=O) groups excluding carboxylic acids is 1. The Morgan fingerprint density at radius 1 is 0.952 bits per heavy atom. The Morgan fingerprint density at radius 2 is 1.38 bits per heavy atom. The van der Waals surface area contributed by atoms with E-state index in [1.54, 1.807) is 0 Å². The molecule has 3 N–H and O–H groups in total. The van der Waals surface area contributed by atoms with Crippen molar-refractivity contribution in [3.8, 4) is 0 Å². The second-order valence-corrected chi connectivity index (χ2v) is 8.44. The van der Waals surface area contributed by atoms with Gasteiger partial charge < -0.3 is 15.1 Å². The monoisotopic (exact) mass is 321 g/mol. The van der Waals surface area contributed by atoms with E-state index in [0.717, 1.165) is 19.3 Å². The summed E-state index contributed by atoms with van der Waals surface area (Å²) in [6.07, 6.45) is 10.9. The van der Waals surface area contributed by atoms with Crippen molar-refractivity contribution in [1.82, 2.24) is 5.32 Å². The Morgan fingerprint density at radius 3 is 1.81 bits per heavy atom. The van der Waals surface area contributed by atoms with Gasteiger partial charge in [-0.1, -0.05) is 58.3 Å². The van der Waals surface area contributed by atoms with Gasteiger partial charge in [0, 0.05) is 6.42 Å². The number of rotatable bonds is 12. The van der Waals surface area contributed by atoms with Gasteiger partial charge >= 0.3 is 7.60 Å². The predicted octanol–water partition coefficient (Wildman–Crippen LogP) is 3.94. The quantitative estimate of drug-likeness (QED) is 0.375. The van der Waals surface area contributed by atoms with Crippen molar-refractivity contribution in [2.24, 2.45) is 0 Å². The van der Waals surface area contributed by atoms with E-state index in [0.29, 0.717) is 6.42 Å². The van der Waals surface area contributed by atoms with Gasteiger partial charge in [-0.25, -0.2) is 0 Å². The molecule has 5 nitrogen and oxygen atoms in total. The highest BCUT2D eigenvalue weighted by Crippen LogP contribution is 2.48. The van der Waals surface area contributed by atoms with Crippen molar-refractivity contribution in [3.05, 3.63) is 0 Å². The zero-order valence-corrected chi connectivity index (χ0v) is 14.6. The molecular weight excluding hydrogens is 289 g/mol.